The second-order valence-electron chi connectivity index (χ2n) is 5.68. The van der Waals surface area contributed by atoms with E-state index in [0.717, 1.165) is 18.5 Å². The van der Waals surface area contributed by atoms with Gasteiger partial charge in [-0.3, -0.25) is 0 Å². The molecule has 1 aliphatic heterocycles. The van der Waals surface area contributed by atoms with Gasteiger partial charge >= 0.3 is 0 Å². The van der Waals surface area contributed by atoms with Gasteiger partial charge in [-0.2, -0.15) is 0 Å². The van der Waals surface area contributed by atoms with Gasteiger partial charge in [0.2, 0.25) is 0 Å². The van der Waals surface area contributed by atoms with Crippen molar-refractivity contribution in [3.05, 3.63) is 35.4 Å². The lowest BCUT2D eigenvalue weighted by Gasteiger charge is -2.46. The summed E-state index contributed by atoms with van der Waals surface area (Å²) >= 11 is 0. The summed E-state index contributed by atoms with van der Waals surface area (Å²) in [6, 6.07) is 8.75. The van der Waals surface area contributed by atoms with Crippen LogP contribution < -0.4 is 0 Å². The van der Waals surface area contributed by atoms with Crippen molar-refractivity contribution in [1.82, 2.24) is 4.90 Å². The Kier molecular flexibility index (Phi) is 3.28. The minimum Gasteiger partial charge on any atom is -0.385 e. The smallest absolute Gasteiger partial charge is 0.0948 e. The van der Waals surface area contributed by atoms with E-state index in [1.807, 2.05) is 0 Å². The summed E-state index contributed by atoms with van der Waals surface area (Å²) in [4.78, 5) is 2.33. The third kappa shape index (κ3) is 2.24. The first-order chi connectivity index (χ1) is 7.93. The molecule has 1 aromatic rings. The molecule has 1 aliphatic rings. The number of benzene rings is 1. The quantitative estimate of drug-likeness (QED) is 0.806. The summed E-state index contributed by atoms with van der Waals surface area (Å²) in [7, 11) is 2.13. The van der Waals surface area contributed by atoms with E-state index in [9.17, 15) is 5.11 Å². The number of hydrogen-bond acceptors (Lipinski definition) is 2. The van der Waals surface area contributed by atoms with Crippen LogP contribution in [0.15, 0.2) is 24.3 Å². The summed E-state index contributed by atoms with van der Waals surface area (Å²) in [5.74, 6) is 0.270. The summed E-state index contributed by atoms with van der Waals surface area (Å²) in [6.07, 6.45) is 0.813. The maximum atomic E-state index is 11.0. The van der Waals surface area contributed by atoms with E-state index in [0.29, 0.717) is 6.04 Å². The van der Waals surface area contributed by atoms with Gasteiger partial charge in [0.25, 0.3) is 0 Å². The van der Waals surface area contributed by atoms with Gasteiger partial charge in [0.15, 0.2) is 0 Å². The molecule has 1 N–H and O–H groups in total. The van der Waals surface area contributed by atoms with Gasteiger partial charge in [0, 0.05) is 18.5 Å². The molecule has 2 heteroatoms. The molecular weight excluding hydrogens is 210 g/mol. The maximum Gasteiger partial charge on any atom is 0.0948 e. The van der Waals surface area contributed by atoms with Crippen molar-refractivity contribution >= 4 is 0 Å². The van der Waals surface area contributed by atoms with Gasteiger partial charge in [-0.15, -0.1) is 0 Å². The minimum absolute atomic E-state index is 0.270. The van der Waals surface area contributed by atoms with Crippen molar-refractivity contribution in [2.45, 2.75) is 38.8 Å². The minimum atomic E-state index is -0.667. The lowest BCUT2D eigenvalue weighted by atomic mass is 9.74. The molecule has 0 radical (unpaired) electrons. The Morgan fingerprint density at radius 2 is 1.82 bits per heavy atom. The van der Waals surface area contributed by atoms with Crippen LogP contribution in [0.25, 0.3) is 0 Å². The molecule has 1 fully saturated rings. The van der Waals surface area contributed by atoms with E-state index < -0.39 is 5.60 Å². The summed E-state index contributed by atoms with van der Waals surface area (Å²) in [5.41, 5.74) is 1.64. The Balaban J connectivity index is 2.31. The predicted molar refractivity (Wildman–Crippen MR) is 70.9 cm³/mol. The molecule has 17 heavy (non-hydrogen) atoms. The fourth-order valence-corrected chi connectivity index (χ4v) is 2.81. The third-order valence-corrected chi connectivity index (χ3v) is 4.29. The van der Waals surface area contributed by atoms with Crippen LogP contribution in [0.4, 0.5) is 0 Å². The third-order valence-electron chi connectivity index (χ3n) is 4.29. The fraction of sp³-hybridized carbons (Fsp3) is 0.600. The molecule has 0 aromatic heterocycles. The zero-order valence-corrected chi connectivity index (χ0v) is 11.3. The average Bonchev–Trinajstić information content (AvgIpc) is 2.27. The Morgan fingerprint density at radius 3 is 2.41 bits per heavy atom. The molecule has 0 bridgehead atoms. The second kappa shape index (κ2) is 4.43. The van der Waals surface area contributed by atoms with Crippen LogP contribution in [0, 0.1) is 12.8 Å². The number of aryl methyl sites for hydroxylation is 1. The molecule has 2 rings (SSSR count). The molecule has 0 amide bonds. The van der Waals surface area contributed by atoms with Crippen molar-refractivity contribution in [3.8, 4) is 0 Å². The summed E-state index contributed by atoms with van der Waals surface area (Å²) < 4.78 is 0. The first-order valence-electron chi connectivity index (χ1n) is 6.43. The lowest BCUT2D eigenvalue weighted by molar-refractivity contribution is -0.0843. The maximum absolute atomic E-state index is 11.0. The molecule has 1 aromatic carbocycles. The SMILES string of the molecule is Cc1ccc([C@]2(O)C[C@@H](C)N(C)C[C@H]2C)cc1. The van der Waals surface area contributed by atoms with E-state index in [1.165, 1.54) is 5.56 Å². The van der Waals surface area contributed by atoms with Crippen molar-refractivity contribution < 1.29 is 5.11 Å². The monoisotopic (exact) mass is 233 g/mol. The van der Waals surface area contributed by atoms with E-state index in [-0.39, 0.29) is 5.92 Å². The normalized spacial score (nSPS) is 34.9. The molecular formula is C15H23NO. The van der Waals surface area contributed by atoms with Gasteiger partial charge in [0.1, 0.15) is 0 Å². The number of nitrogens with zero attached hydrogens (tertiary/aromatic N) is 1. The van der Waals surface area contributed by atoms with Gasteiger partial charge in [0.05, 0.1) is 5.60 Å². The highest BCUT2D eigenvalue weighted by Crippen LogP contribution is 2.39. The molecule has 0 unspecified atom stereocenters. The summed E-state index contributed by atoms with van der Waals surface area (Å²) in [6.45, 7) is 7.35. The number of hydrogen-bond donors (Lipinski definition) is 1. The molecule has 94 valence electrons. The Bertz CT molecular complexity index is 386. The molecule has 2 nitrogen and oxygen atoms in total. The molecule has 0 spiro atoms. The van der Waals surface area contributed by atoms with Crippen molar-refractivity contribution in [3.63, 3.8) is 0 Å². The summed E-state index contributed by atoms with van der Waals surface area (Å²) in [5, 5.41) is 11.0. The van der Waals surface area contributed by atoms with Crippen LogP contribution in [0.3, 0.4) is 0 Å². The Morgan fingerprint density at radius 1 is 1.24 bits per heavy atom. The van der Waals surface area contributed by atoms with Crippen molar-refractivity contribution in [1.29, 1.82) is 0 Å². The van der Waals surface area contributed by atoms with Crippen LogP contribution in [0.2, 0.25) is 0 Å². The van der Waals surface area contributed by atoms with Crippen LogP contribution in [-0.2, 0) is 5.60 Å². The number of aliphatic hydroxyl groups is 1. The number of rotatable bonds is 1. The lowest BCUT2D eigenvalue weighted by Crippen LogP contribution is -2.51. The topological polar surface area (TPSA) is 23.5 Å². The van der Waals surface area contributed by atoms with Crippen molar-refractivity contribution in [2.75, 3.05) is 13.6 Å². The van der Waals surface area contributed by atoms with Crippen LogP contribution in [0.1, 0.15) is 31.4 Å². The van der Waals surface area contributed by atoms with Crippen LogP contribution in [0.5, 0.6) is 0 Å². The molecule has 1 saturated heterocycles. The zero-order valence-electron chi connectivity index (χ0n) is 11.3. The molecule has 0 saturated carbocycles. The molecule has 0 aliphatic carbocycles. The Labute approximate surface area is 104 Å². The van der Waals surface area contributed by atoms with Gasteiger partial charge in [-0.25, -0.2) is 0 Å². The van der Waals surface area contributed by atoms with E-state index >= 15 is 0 Å². The van der Waals surface area contributed by atoms with Crippen molar-refractivity contribution in [2.24, 2.45) is 5.92 Å². The van der Waals surface area contributed by atoms with E-state index in [4.69, 9.17) is 0 Å². The van der Waals surface area contributed by atoms with E-state index in [1.54, 1.807) is 0 Å². The Hall–Kier alpha value is -0.860. The first kappa shape index (κ1) is 12.6. The van der Waals surface area contributed by atoms with Gasteiger partial charge < -0.3 is 10.0 Å². The molecule has 1 heterocycles. The number of piperidine rings is 1. The second-order valence-corrected chi connectivity index (χ2v) is 5.68. The first-order valence-corrected chi connectivity index (χ1v) is 6.43. The highest BCUT2D eigenvalue weighted by Gasteiger charge is 2.42. The largest absolute Gasteiger partial charge is 0.385 e. The van der Waals surface area contributed by atoms with Gasteiger partial charge in [-0.1, -0.05) is 36.8 Å². The average molecular weight is 233 g/mol. The predicted octanol–water partition coefficient (Wildman–Crippen LogP) is 2.54. The highest BCUT2D eigenvalue weighted by molar-refractivity contribution is 5.28. The van der Waals surface area contributed by atoms with Crippen LogP contribution in [-0.4, -0.2) is 29.6 Å². The zero-order chi connectivity index (χ0) is 12.6. The fourth-order valence-electron chi connectivity index (χ4n) is 2.81. The highest BCUT2D eigenvalue weighted by atomic mass is 16.3. The van der Waals surface area contributed by atoms with Crippen LogP contribution >= 0.6 is 0 Å². The van der Waals surface area contributed by atoms with E-state index in [2.05, 4.69) is 57.0 Å². The molecule has 3 atom stereocenters. The van der Waals surface area contributed by atoms with Gasteiger partial charge in [-0.05, 0) is 32.9 Å². The standard InChI is InChI=1S/C15H23NO/c1-11-5-7-14(8-6-11)15(17)9-13(3)16(4)10-12(15)2/h5-8,12-13,17H,9-10H2,1-4H3/t12-,13-,15+/m1/s1. The number of likely N-dealkylation sites (tertiary alicyclic amines) is 1.